The number of hydrogen-bond acceptors (Lipinski definition) is 5. The van der Waals surface area contributed by atoms with Crippen molar-refractivity contribution < 1.29 is 4.79 Å². The molecular weight excluding hydrogens is 338 g/mol. The van der Waals surface area contributed by atoms with E-state index in [0.717, 1.165) is 23.1 Å². The number of benzene rings is 1. The molecule has 0 aliphatic carbocycles. The summed E-state index contributed by atoms with van der Waals surface area (Å²) in [6.45, 7) is 1.15. The second kappa shape index (κ2) is 7.97. The third-order valence-electron chi connectivity index (χ3n) is 3.52. The first kappa shape index (κ1) is 17.3. The summed E-state index contributed by atoms with van der Waals surface area (Å²) in [5.74, 6) is 1.92. The van der Waals surface area contributed by atoms with Gasteiger partial charge >= 0.3 is 0 Å². The Balaban J connectivity index is 0.00000176. The van der Waals surface area contributed by atoms with Crippen LogP contribution < -0.4 is 5.73 Å². The summed E-state index contributed by atoms with van der Waals surface area (Å²) in [4.78, 5) is 19.0. The smallest absolute Gasteiger partial charge is 0.273 e. The molecule has 1 atom stereocenters. The van der Waals surface area contributed by atoms with Crippen molar-refractivity contribution in [1.82, 2.24) is 9.88 Å². The van der Waals surface area contributed by atoms with E-state index in [-0.39, 0.29) is 24.4 Å². The quantitative estimate of drug-likeness (QED) is 0.919. The zero-order valence-corrected chi connectivity index (χ0v) is 14.4. The Bertz CT molecular complexity index is 620. The van der Waals surface area contributed by atoms with Gasteiger partial charge in [-0.25, -0.2) is 4.98 Å². The normalized spacial score (nSPS) is 17.9. The molecule has 4 nitrogen and oxygen atoms in total. The lowest BCUT2D eigenvalue weighted by molar-refractivity contribution is 0.0696. The fourth-order valence-electron chi connectivity index (χ4n) is 2.45. The summed E-state index contributed by atoms with van der Waals surface area (Å²) in [5.41, 5.74) is 7.29. The van der Waals surface area contributed by atoms with E-state index in [1.807, 2.05) is 40.2 Å². The number of nitrogens with two attached hydrogens (primary N) is 1. The second-order valence-electron chi connectivity index (χ2n) is 4.83. The Labute approximate surface area is 144 Å². The van der Waals surface area contributed by atoms with Crippen LogP contribution in [-0.2, 0) is 6.54 Å². The molecule has 1 amide bonds. The summed E-state index contributed by atoms with van der Waals surface area (Å²) < 4.78 is 0. The van der Waals surface area contributed by atoms with Gasteiger partial charge in [0.05, 0.1) is 6.04 Å². The van der Waals surface area contributed by atoms with Gasteiger partial charge in [-0.1, -0.05) is 30.3 Å². The molecule has 2 N–H and O–H groups in total. The van der Waals surface area contributed by atoms with E-state index in [1.54, 1.807) is 0 Å². The van der Waals surface area contributed by atoms with Crippen LogP contribution in [0.25, 0.3) is 0 Å². The van der Waals surface area contributed by atoms with Crippen molar-refractivity contribution in [3.8, 4) is 0 Å². The van der Waals surface area contributed by atoms with Crippen LogP contribution in [0.4, 0.5) is 0 Å². The summed E-state index contributed by atoms with van der Waals surface area (Å²) in [5, 5.41) is 2.62. The molecular formula is C15H18ClN3OS2. The third-order valence-corrected chi connectivity index (χ3v) is 5.41. The van der Waals surface area contributed by atoms with Crippen LogP contribution in [0.5, 0.6) is 0 Å². The van der Waals surface area contributed by atoms with Gasteiger partial charge < -0.3 is 10.6 Å². The first-order chi connectivity index (χ1) is 10.3. The van der Waals surface area contributed by atoms with Gasteiger partial charge in [0, 0.05) is 30.0 Å². The number of nitrogens with zero attached hydrogens (tertiary/aromatic N) is 2. The Kier molecular flexibility index (Phi) is 6.26. The standard InChI is InChI=1S/C15H17N3OS2.ClH/c16-8-14-17-12(9-21-14)15(19)18-6-7-20-10-13(18)11-4-2-1-3-5-11;/h1-5,9,13H,6-8,10,16H2;1H. The maximum atomic E-state index is 12.7. The molecule has 1 aliphatic rings. The highest BCUT2D eigenvalue weighted by molar-refractivity contribution is 7.99. The van der Waals surface area contributed by atoms with Crippen molar-refractivity contribution in [2.75, 3.05) is 18.1 Å². The molecule has 7 heteroatoms. The Morgan fingerprint density at radius 2 is 2.14 bits per heavy atom. The van der Waals surface area contributed by atoms with Crippen LogP contribution in [0.3, 0.4) is 0 Å². The first-order valence-corrected chi connectivity index (χ1v) is 8.91. The van der Waals surface area contributed by atoms with Gasteiger partial charge in [0.1, 0.15) is 10.7 Å². The fourth-order valence-corrected chi connectivity index (χ4v) is 4.18. The van der Waals surface area contributed by atoms with Crippen molar-refractivity contribution in [3.63, 3.8) is 0 Å². The van der Waals surface area contributed by atoms with Crippen LogP contribution in [-0.4, -0.2) is 33.8 Å². The van der Waals surface area contributed by atoms with Crippen LogP contribution >= 0.6 is 35.5 Å². The molecule has 1 aromatic heterocycles. The van der Waals surface area contributed by atoms with Crippen molar-refractivity contribution in [2.45, 2.75) is 12.6 Å². The number of rotatable bonds is 3. The van der Waals surface area contributed by atoms with Gasteiger partial charge in [0.15, 0.2) is 0 Å². The molecule has 2 heterocycles. The van der Waals surface area contributed by atoms with Gasteiger partial charge in [-0.2, -0.15) is 11.8 Å². The van der Waals surface area contributed by atoms with Crippen LogP contribution in [0.1, 0.15) is 27.1 Å². The van der Waals surface area contributed by atoms with E-state index >= 15 is 0 Å². The molecule has 0 bridgehead atoms. The van der Waals surface area contributed by atoms with Gasteiger partial charge in [0.2, 0.25) is 0 Å². The average Bonchev–Trinajstić information content (AvgIpc) is 3.04. The molecule has 118 valence electrons. The highest BCUT2D eigenvalue weighted by Gasteiger charge is 2.30. The maximum absolute atomic E-state index is 12.7. The topological polar surface area (TPSA) is 59.2 Å². The number of aromatic nitrogens is 1. The van der Waals surface area contributed by atoms with E-state index in [2.05, 4.69) is 17.1 Å². The molecule has 0 saturated carbocycles. The highest BCUT2D eigenvalue weighted by atomic mass is 35.5. The molecule has 3 rings (SSSR count). The Hall–Kier alpha value is -1.08. The maximum Gasteiger partial charge on any atom is 0.273 e. The average molecular weight is 356 g/mol. The third kappa shape index (κ3) is 3.63. The molecule has 1 aromatic carbocycles. The highest BCUT2D eigenvalue weighted by Crippen LogP contribution is 2.30. The predicted octanol–water partition coefficient (Wildman–Crippen LogP) is 2.95. The zero-order chi connectivity index (χ0) is 14.7. The number of carbonyl (C=O) groups is 1. The van der Waals surface area contributed by atoms with Crippen molar-refractivity contribution in [2.24, 2.45) is 5.73 Å². The predicted molar refractivity (Wildman–Crippen MR) is 94.8 cm³/mol. The lowest BCUT2D eigenvalue weighted by atomic mass is 10.1. The minimum atomic E-state index is 0. The van der Waals surface area contributed by atoms with E-state index in [0.29, 0.717) is 12.2 Å². The first-order valence-electron chi connectivity index (χ1n) is 6.87. The number of amides is 1. The minimum Gasteiger partial charge on any atom is -0.329 e. The number of hydrogen-bond donors (Lipinski definition) is 1. The lowest BCUT2D eigenvalue weighted by Crippen LogP contribution is -2.40. The summed E-state index contributed by atoms with van der Waals surface area (Å²) in [6.07, 6.45) is 0. The summed E-state index contributed by atoms with van der Waals surface area (Å²) in [7, 11) is 0. The van der Waals surface area contributed by atoms with Gasteiger partial charge in [0.25, 0.3) is 5.91 Å². The van der Waals surface area contributed by atoms with E-state index in [4.69, 9.17) is 5.73 Å². The molecule has 1 fully saturated rings. The molecule has 1 aliphatic heterocycles. The van der Waals surface area contributed by atoms with E-state index in [1.165, 1.54) is 16.9 Å². The van der Waals surface area contributed by atoms with E-state index in [9.17, 15) is 4.79 Å². The molecule has 1 unspecified atom stereocenters. The second-order valence-corrected chi connectivity index (χ2v) is 6.92. The number of thioether (sulfide) groups is 1. The lowest BCUT2D eigenvalue weighted by Gasteiger charge is -2.35. The zero-order valence-electron chi connectivity index (χ0n) is 12.0. The summed E-state index contributed by atoms with van der Waals surface area (Å²) in [6, 6.07) is 10.3. The molecule has 0 radical (unpaired) electrons. The minimum absolute atomic E-state index is 0. The molecule has 22 heavy (non-hydrogen) atoms. The SMILES string of the molecule is Cl.NCc1nc(C(=O)N2CCSCC2c2ccccc2)cs1. The molecule has 0 spiro atoms. The number of carbonyl (C=O) groups excluding carboxylic acids is 1. The number of halogens is 1. The van der Waals surface area contributed by atoms with Gasteiger partial charge in [-0.3, -0.25) is 4.79 Å². The summed E-state index contributed by atoms with van der Waals surface area (Å²) >= 11 is 3.34. The van der Waals surface area contributed by atoms with Crippen molar-refractivity contribution in [3.05, 3.63) is 52.0 Å². The monoisotopic (exact) mass is 355 g/mol. The number of thiazole rings is 1. The van der Waals surface area contributed by atoms with Crippen LogP contribution in [0.2, 0.25) is 0 Å². The van der Waals surface area contributed by atoms with Crippen molar-refractivity contribution in [1.29, 1.82) is 0 Å². The Morgan fingerprint density at radius 1 is 1.36 bits per heavy atom. The van der Waals surface area contributed by atoms with Gasteiger partial charge in [-0.05, 0) is 5.56 Å². The van der Waals surface area contributed by atoms with Crippen molar-refractivity contribution >= 4 is 41.4 Å². The molecule has 1 saturated heterocycles. The van der Waals surface area contributed by atoms with Crippen LogP contribution in [0, 0.1) is 0 Å². The molecule has 2 aromatic rings. The van der Waals surface area contributed by atoms with Crippen LogP contribution in [0.15, 0.2) is 35.7 Å². The fraction of sp³-hybridized carbons (Fsp3) is 0.333. The largest absolute Gasteiger partial charge is 0.329 e. The van der Waals surface area contributed by atoms with Gasteiger partial charge in [-0.15, -0.1) is 23.7 Å². The Morgan fingerprint density at radius 3 is 2.82 bits per heavy atom. The van der Waals surface area contributed by atoms with E-state index < -0.39 is 0 Å².